The Kier molecular flexibility index (Phi) is 4.47. The van der Waals surface area contributed by atoms with Crippen LogP contribution in [0.4, 0.5) is 10.1 Å². The molecule has 7 heteroatoms. The molecule has 1 saturated carbocycles. The SMILES string of the molecule is O=C1COc2cc(F)c(CN[C@H]3CC[C@H](C(=O)O)CC3)cc2N1. The minimum Gasteiger partial charge on any atom is -0.481 e. The summed E-state index contributed by atoms with van der Waals surface area (Å²) in [5.74, 6) is -1.30. The lowest BCUT2D eigenvalue weighted by atomic mass is 9.86. The Balaban J connectivity index is 1.59. The van der Waals surface area contributed by atoms with Crippen LogP contribution in [-0.2, 0) is 16.1 Å². The molecule has 0 bridgehead atoms. The minimum absolute atomic E-state index is 0.100. The summed E-state index contributed by atoms with van der Waals surface area (Å²) < 4.78 is 19.3. The molecule has 0 radical (unpaired) electrons. The number of halogens is 1. The highest BCUT2D eigenvalue weighted by atomic mass is 19.1. The first kappa shape index (κ1) is 15.7. The topological polar surface area (TPSA) is 87.7 Å². The average Bonchev–Trinajstić information content (AvgIpc) is 2.53. The zero-order valence-corrected chi connectivity index (χ0v) is 12.6. The van der Waals surface area contributed by atoms with Crippen LogP contribution in [0.5, 0.6) is 5.75 Å². The number of carbonyl (C=O) groups excluding carboxylic acids is 1. The number of anilines is 1. The van der Waals surface area contributed by atoms with Crippen LogP contribution in [0, 0.1) is 11.7 Å². The summed E-state index contributed by atoms with van der Waals surface area (Å²) in [7, 11) is 0. The molecule has 1 fully saturated rings. The Morgan fingerprint density at radius 3 is 2.78 bits per heavy atom. The van der Waals surface area contributed by atoms with Crippen LogP contribution in [0.2, 0.25) is 0 Å². The van der Waals surface area contributed by atoms with Crippen molar-refractivity contribution in [2.75, 3.05) is 11.9 Å². The summed E-state index contributed by atoms with van der Waals surface area (Å²) in [4.78, 5) is 22.3. The lowest BCUT2D eigenvalue weighted by molar-refractivity contribution is -0.142. The lowest BCUT2D eigenvalue weighted by Gasteiger charge is -2.27. The van der Waals surface area contributed by atoms with Crippen LogP contribution >= 0.6 is 0 Å². The number of fused-ring (bicyclic) bond motifs is 1. The molecule has 1 aromatic rings. The fourth-order valence-electron chi connectivity index (χ4n) is 3.08. The van der Waals surface area contributed by atoms with Crippen molar-refractivity contribution in [3.63, 3.8) is 0 Å². The molecule has 6 nitrogen and oxygen atoms in total. The Morgan fingerprint density at radius 2 is 2.09 bits per heavy atom. The molecule has 1 aromatic carbocycles. The average molecular weight is 322 g/mol. The summed E-state index contributed by atoms with van der Waals surface area (Å²) in [6.07, 6.45) is 2.82. The third kappa shape index (κ3) is 3.61. The number of ether oxygens (including phenoxy) is 1. The van der Waals surface area contributed by atoms with Gasteiger partial charge in [-0.15, -0.1) is 0 Å². The van der Waals surface area contributed by atoms with E-state index in [1.807, 2.05) is 0 Å². The lowest BCUT2D eigenvalue weighted by Crippen LogP contribution is -2.34. The van der Waals surface area contributed by atoms with E-state index in [1.54, 1.807) is 6.07 Å². The summed E-state index contributed by atoms with van der Waals surface area (Å²) in [6.45, 7) is 0.230. The summed E-state index contributed by atoms with van der Waals surface area (Å²) >= 11 is 0. The minimum atomic E-state index is -0.736. The van der Waals surface area contributed by atoms with Crippen LogP contribution in [0.3, 0.4) is 0 Å². The highest BCUT2D eigenvalue weighted by Crippen LogP contribution is 2.31. The van der Waals surface area contributed by atoms with Crippen molar-refractivity contribution in [1.82, 2.24) is 5.32 Å². The van der Waals surface area contributed by atoms with Crippen molar-refractivity contribution in [1.29, 1.82) is 0 Å². The summed E-state index contributed by atoms with van der Waals surface area (Å²) in [6, 6.07) is 3.05. The molecule has 1 heterocycles. The summed E-state index contributed by atoms with van der Waals surface area (Å²) in [5.41, 5.74) is 0.934. The first-order valence-electron chi connectivity index (χ1n) is 7.74. The van der Waals surface area contributed by atoms with Crippen molar-refractivity contribution in [3.8, 4) is 5.75 Å². The van der Waals surface area contributed by atoms with Gasteiger partial charge in [0, 0.05) is 24.2 Å². The number of rotatable bonds is 4. The molecule has 3 rings (SSSR count). The molecule has 3 N–H and O–H groups in total. The van der Waals surface area contributed by atoms with E-state index in [-0.39, 0.29) is 30.3 Å². The van der Waals surface area contributed by atoms with Gasteiger partial charge in [0.05, 0.1) is 11.6 Å². The molecule has 0 saturated heterocycles. The third-order valence-electron chi connectivity index (χ3n) is 4.44. The maximum Gasteiger partial charge on any atom is 0.306 e. The number of carboxylic acids is 1. The fourth-order valence-corrected chi connectivity index (χ4v) is 3.08. The molecule has 124 valence electrons. The Bertz CT molecular complexity index is 627. The number of aliphatic carboxylic acids is 1. The van der Waals surface area contributed by atoms with Gasteiger partial charge in [0.25, 0.3) is 5.91 Å². The predicted molar refractivity (Wildman–Crippen MR) is 80.7 cm³/mol. The monoisotopic (exact) mass is 322 g/mol. The molecule has 1 amide bonds. The quantitative estimate of drug-likeness (QED) is 0.788. The van der Waals surface area contributed by atoms with Gasteiger partial charge in [-0.1, -0.05) is 0 Å². The summed E-state index contributed by atoms with van der Waals surface area (Å²) in [5, 5.41) is 14.9. The second-order valence-corrected chi connectivity index (χ2v) is 6.04. The molecule has 1 aliphatic carbocycles. The fraction of sp³-hybridized carbons (Fsp3) is 0.500. The highest BCUT2D eigenvalue weighted by molar-refractivity contribution is 5.95. The Labute approximate surface area is 133 Å². The van der Waals surface area contributed by atoms with Crippen molar-refractivity contribution in [2.24, 2.45) is 5.92 Å². The number of carbonyl (C=O) groups is 2. The Morgan fingerprint density at radius 1 is 1.35 bits per heavy atom. The van der Waals surface area contributed by atoms with Gasteiger partial charge in [0.15, 0.2) is 6.61 Å². The molecule has 0 aromatic heterocycles. The molecular weight excluding hydrogens is 303 g/mol. The molecule has 0 unspecified atom stereocenters. The maximum absolute atomic E-state index is 14.1. The first-order chi connectivity index (χ1) is 11.0. The van der Waals surface area contributed by atoms with Gasteiger partial charge in [-0.3, -0.25) is 9.59 Å². The van der Waals surface area contributed by atoms with Crippen molar-refractivity contribution >= 4 is 17.6 Å². The molecular formula is C16H19FN2O4. The van der Waals surface area contributed by atoms with Gasteiger partial charge in [0.1, 0.15) is 11.6 Å². The number of carboxylic acid groups (broad SMARTS) is 1. The number of hydrogen-bond donors (Lipinski definition) is 3. The van der Waals surface area contributed by atoms with E-state index in [0.717, 1.165) is 12.8 Å². The largest absolute Gasteiger partial charge is 0.481 e. The van der Waals surface area contributed by atoms with Gasteiger partial charge in [-0.25, -0.2) is 4.39 Å². The second kappa shape index (κ2) is 6.54. The molecule has 2 aliphatic rings. The predicted octanol–water partition coefficient (Wildman–Crippen LogP) is 1.89. The van der Waals surface area contributed by atoms with E-state index in [2.05, 4.69) is 10.6 Å². The van der Waals surface area contributed by atoms with Gasteiger partial charge >= 0.3 is 5.97 Å². The maximum atomic E-state index is 14.1. The highest BCUT2D eigenvalue weighted by Gasteiger charge is 2.26. The van der Waals surface area contributed by atoms with E-state index >= 15 is 0 Å². The zero-order valence-electron chi connectivity index (χ0n) is 12.6. The van der Waals surface area contributed by atoms with E-state index in [1.165, 1.54) is 6.07 Å². The van der Waals surface area contributed by atoms with Crippen molar-refractivity contribution in [2.45, 2.75) is 38.3 Å². The van der Waals surface area contributed by atoms with E-state index in [0.29, 0.717) is 36.4 Å². The standard InChI is InChI=1S/C16H19FN2O4/c17-12-6-14-13(19-15(20)8-23-14)5-10(12)7-18-11-3-1-9(2-4-11)16(21)22/h5-6,9,11,18H,1-4,7-8H2,(H,19,20)(H,21,22)/t9-,11-. The van der Waals surface area contributed by atoms with Crippen LogP contribution in [0.15, 0.2) is 12.1 Å². The van der Waals surface area contributed by atoms with E-state index in [4.69, 9.17) is 9.84 Å². The molecule has 23 heavy (non-hydrogen) atoms. The van der Waals surface area contributed by atoms with Crippen molar-refractivity contribution in [3.05, 3.63) is 23.5 Å². The van der Waals surface area contributed by atoms with Gasteiger partial charge in [-0.05, 0) is 31.7 Å². The van der Waals surface area contributed by atoms with E-state index in [9.17, 15) is 14.0 Å². The van der Waals surface area contributed by atoms with Gasteiger partial charge in [-0.2, -0.15) is 0 Å². The van der Waals surface area contributed by atoms with Crippen LogP contribution in [-0.4, -0.2) is 29.6 Å². The second-order valence-electron chi connectivity index (χ2n) is 6.04. The number of amides is 1. The number of benzene rings is 1. The smallest absolute Gasteiger partial charge is 0.306 e. The molecule has 0 spiro atoms. The van der Waals surface area contributed by atoms with Crippen molar-refractivity contribution < 1.29 is 23.8 Å². The van der Waals surface area contributed by atoms with Crippen LogP contribution in [0.25, 0.3) is 0 Å². The van der Waals surface area contributed by atoms with E-state index < -0.39 is 5.97 Å². The van der Waals surface area contributed by atoms with Gasteiger partial charge in [0.2, 0.25) is 0 Å². The van der Waals surface area contributed by atoms with Crippen LogP contribution in [0.1, 0.15) is 31.2 Å². The zero-order chi connectivity index (χ0) is 16.4. The third-order valence-corrected chi connectivity index (χ3v) is 4.44. The van der Waals surface area contributed by atoms with Crippen LogP contribution < -0.4 is 15.4 Å². The molecule has 0 atom stereocenters. The number of hydrogen-bond acceptors (Lipinski definition) is 4. The normalized spacial score (nSPS) is 23.6. The van der Waals surface area contributed by atoms with Gasteiger partial charge < -0.3 is 20.5 Å². The number of nitrogens with one attached hydrogen (secondary N) is 2. The first-order valence-corrected chi connectivity index (χ1v) is 7.74. The Hall–Kier alpha value is -2.15. The molecule has 1 aliphatic heterocycles.